The highest BCUT2D eigenvalue weighted by Crippen LogP contribution is 2.14. The second kappa shape index (κ2) is 11.3. The molecule has 0 atom stereocenters. The summed E-state index contributed by atoms with van der Waals surface area (Å²) in [6.45, 7) is -1.61. The van der Waals surface area contributed by atoms with Crippen LogP contribution in [0.5, 0.6) is 0 Å². The topological polar surface area (TPSA) is 182 Å². The van der Waals surface area contributed by atoms with Gasteiger partial charge >= 0.3 is 5.97 Å². The minimum absolute atomic E-state index is 0.0590. The van der Waals surface area contributed by atoms with Gasteiger partial charge in [0.2, 0.25) is 22.8 Å². The van der Waals surface area contributed by atoms with Crippen LogP contribution in [0.3, 0.4) is 0 Å². The Labute approximate surface area is 162 Å². The molecule has 0 heterocycles. The number of carbonyl (C=O) groups is 6. The van der Waals surface area contributed by atoms with Crippen molar-refractivity contribution in [2.24, 2.45) is 0 Å². The zero-order valence-corrected chi connectivity index (χ0v) is 15.2. The molecule has 0 aliphatic rings. The highest BCUT2D eigenvalue weighted by molar-refractivity contribution is 8.14. The average Bonchev–Trinajstić information content (AvgIpc) is 2.67. The number of hydrogen-bond donors (Lipinski definition) is 4. The number of benzene rings is 1. The van der Waals surface area contributed by atoms with Gasteiger partial charge in [0.05, 0.1) is 36.9 Å². The lowest BCUT2D eigenvalue weighted by Crippen LogP contribution is -2.44. The van der Waals surface area contributed by atoms with E-state index in [0.717, 1.165) is 0 Å². The second-order valence-corrected chi connectivity index (χ2v) is 6.11. The molecule has 4 N–H and O–H groups in total. The molecule has 0 aliphatic heterocycles. The molecule has 28 heavy (non-hydrogen) atoms. The molecule has 1 rings (SSSR count). The van der Waals surface area contributed by atoms with Crippen LogP contribution in [-0.4, -0.2) is 65.3 Å². The SMILES string of the molecule is O=C([O-])CNC(=O)CNC(=O)CNC(=O)CSC(=O)c1cccc(C(=O)O)c1. The van der Waals surface area contributed by atoms with Gasteiger partial charge in [-0.25, -0.2) is 4.79 Å². The Balaban J connectivity index is 2.31. The van der Waals surface area contributed by atoms with Crippen molar-refractivity contribution in [2.45, 2.75) is 0 Å². The van der Waals surface area contributed by atoms with E-state index in [2.05, 4.69) is 10.6 Å². The van der Waals surface area contributed by atoms with Crippen molar-refractivity contribution < 1.29 is 39.0 Å². The molecular formula is C16H16N3O8S-. The van der Waals surface area contributed by atoms with Crippen molar-refractivity contribution in [1.82, 2.24) is 16.0 Å². The molecule has 0 bridgehead atoms. The predicted molar refractivity (Wildman–Crippen MR) is 94.2 cm³/mol. The van der Waals surface area contributed by atoms with Crippen LogP contribution >= 0.6 is 11.8 Å². The first kappa shape index (κ1) is 22.6. The summed E-state index contributed by atoms with van der Waals surface area (Å²) in [6, 6.07) is 5.34. The van der Waals surface area contributed by atoms with Crippen LogP contribution < -0.4 is 21.1 Å². The van der Waals surface area contributed by atoms with Crippen molar-refractivity contribution in [3.8, 4) is 0 Å². The van der Waals surface area contributed by atoms with Crippen LogP contribution in [0.15, 0.2) is 24.3 Å². The molecule has 3 amide bonds. The van der Waals surface area contributed by atoms with E-state index in [0.29, 0.717) is 11.8 Å². The number of hydrogen-bond acceptors (Lipinski definition) is 8. The fraction of sp³-hybridized carbons (Fsp3) is 0.250. The zero-order chi connectivity index (χ0) is 21.1. The molecule has 0 fully saturated rings. The molecule has 0 aromatic heterocycles. The van der Waals surface area contributed by atoms with E-state index in [9.17, 15) is 33.9 Å². The van der Waals surface area contributed by atoms with Crippen molar-refractivity contribution >= 4 is 46.5 Å². The number of aromatic carboxylic acids is 1. The molecule has 11 nitrogen and oxygen atoms in total. The third-order valence-electron chi connectivity index (χ3n) is 3.00. The number of amides is 3. The summed E-state index contributed by atoms with van der Waals surface area (Å²) < 4.78 is 0. The quantitative estimate of drug-likeness (QED) is 0.320. The molecule has 1 aromatic rings. The predicted octanol–water partition coefficient (Wildman–Crippen LogP) is -2.64. The Morgan fingerprint density at radius 2 is 1.39 bits per heavy atom. The molecule has 0 saturated heterocycles. The van der Waals surface area contributed by atoms with E-state index in [1.807, 2.05) is 5.32 Å². The standard InChI is InChI=1S/C16H17N3O8S/c20-11(17-5-12(21)19-7-14(23)24)6-18-13(22)8-28-16(27)10-3-1-2-9(4-10)15(25)26/h1-4H,5-8H2,(H,17,20)(H,18,22)(H,19,21)(H,23,24)(H,25,26)/p-1. The monoisotopic (exact) mass is 410 g/mol. The van der Waals surface area contributed by atoms with Gasteiger partial charge in [0.1, 0.15) is 0 Å². The van der Waals surface area contributed by atoms with E-state index < -0.39 is 54.4 Å². The number of carboxylic acids is 2. The Morgan fingerprint density at radius 1 is 0.857 bits per heavy atom. The lowest BCUT2D eigenvalue weighted by Gasteiger charge is -2.08. The number of rotatable bonds is 10. The number of nitrogens with one attached hydrogen (secondary N) is 3. The lowest BCUT2D eigenvalue weighted by molar-refractivity contribution is -0.304. The normalized spacial score (nSPS) is 9.86. The molecule has 0 spiro atoms. The number of carboxylic acid groups (broad SMARTS) is 2. The van der Waals surface area contributed by atoms with Crippen LogP contribution in [0.4, 0.5) is 0 Å². The molecule has 0 saturated carbocycles. The summed E-state index contributed by atoms with van der Waals surface area (Å²) in [7, 11) is 0. The average molecular weight is 410 g/mol. The molecule has 1 aromatic carbocycles. The van der Waals surface area contributed by atoms with Gasteiger partial charge in [-0.3, -0.25) is 19.2 Å². The van der Waals surface area contributed by atoms with Crippen molar-refractivity contribution in [3.63, 3.8) is 0 Å². The molecule has 0 unspecified atom stereocenters. The summed E-state index contributed by atoms with van der Waals surface area (Å²) in [5, 5.41) is 24.9. The van der Waals surface area contributed by atoms with Crippen LogP contribution in [0, 0.1) is 0 Å². The maximum atomic E-state index is 12.0. The van der Waals surface area contributed by atoms with Crippen LogP contribution in [0.2, 0.25) is 0 Å². The van der Waals surface area contributed by atoms with Crippen molar-refractivity contribution in [1.29, 1.82) is 0 Å². The van der Waals surface area contributed by atoms with Crippen LogP contribution in [-0.2, 0) is 19.2 Å². The zero-order valence-electron chi connectivity index (χ0n) is 14.4. The summed E-state index contributed by atoms with van der Waals surface area (Å²) in [5.74, 6) is -5.01. The van der Waals surface area contributed by atoms with Crippen molar-refractivity contribution in [3.05, 3.63) is 35.4 Å². The second-order valence-electron chi connectivity index (χ2n) is 5.16. The minimum Gasteiger partial charge on any atom is -0.548 e. The summed E-state index contributed by atoms with van der Waals surface area (Å²) in [4.78, 5) is 67.3. The van der Waals surface area contributed by atoms with Gasteiger partial charge in [0, 0.05) is 5.56 Å². The maximum absolute atomic E-state index is 12.0. The highest BCUT2D eigenvalue weighted by atomic mass is 32.2. The van der Waals surface area contributed by atoms with E-state index >= 15 is 0 Å². The smallest absolute Gasteiger partial charge is 0.335 e. The summed E-state index contributed by atoms with van der Waals surface area (Å²) in [5.41, 5.74) is 0.0641. The highest BCUT2D eigenvalue weighted by Gasteiger charge is 2.13. The first-order valence-electron chi connectivity index (χ1n) is 7.69. The summed E-state index contributed by atoms with van der Waals surface area (Å²) in [6.07, 6.45) is 0. The van der Waals surface area contributed by atoms with Crippen LogP contribution in [0.25, 0.3) is 0 Å². The first-order valence-corrected chi connectivity index (χ1v) is 8.68. The minimum atomic E-state index is -1.48. The van der Waals surface area contributed by atoms with Crippen molar-refractivity contribution in [2.75, 3.05) is 25.4 Å². The molecule has 150 valence electrons. The van der Waals surface area contributed by atoms with E-state index in [1.54, 1.807) is 0 Å². The van der Waals surface area contributed by atoms with Gasteiger partial charge in [0.25, 0.3) is 0 Å². The fourth-order valence-corrected chi connectivity index (χ4v) is 2.36. The number of aliphatic carboxylic acids is 1. The number of carbonyl (C=O) groups excluding carboxylic acids is 5. The van der Waals surface area contributed by atoms with Gasteiger partial charge in [0.15, 0.2) is 0 Å². The van der Waals surface area contributed by atoms with E-state index in [4.69, 9.17) is 5.11 Å². The van der Waals surface area contributed by atoms with Gasteiger partial charge in [-0.1, -0.05) is 23.9 Å². The Bertz CT molecular complexity index is 796. The third kappa shape index (κ3) is 8.80. The lowest BCUT2D eigenvalue weighted by atomic mass is 10.1. The van der Waals surface area contributed by atoms with Crippen LogP contribution in [0.1, 0.15) is 20.7 Å². The molecule has 12 heteroatoms. The summed E-state index contributed by atoms with van der Waals surface area (Å²) >= 11 is 0.636. The fourth-order valence-electron chi connectivity index (χ4n) is 1.70. The molecule has 0 radical (unpaired) electrons. The molecular weight excluding hydrogens is 394 g/mol. The van der Waals surface area contributed by atoms with Gasteiger partial charge < -0.3 is 31.0 Å². The Kier molecular flexibility index (Phi) is 9.16. The Hall–Kier alpha value is -3.41. The molecule has 0 aliphatic carbocycles. The third-order valence-corrected chi connectivity index (χ3v) is 3.91. The number of thioether (sulfide) groups is 1. The maximum Gasteiger partial charge on any atom is 0.335 e. The van der Waals surface area contributed by atoms with Gasteiger partial charge in [-0.2, -0.15) is 0 Å². The van der Waals surface area contributed by atoms with E-state index in [1.165, 1.54) is 24.3 Å². The Morgan fingerprint density at radius 3 is 1.96 bits per heavy atom. The largest absolute Gasteiger partial charge is 0.548 e. The van der Waals surface area contributed by atoms with Gasteiger partial charge in [-0.15, -0.1) is 0 Å². The van der Waals surface area contributed by atoms with Gasteiger partial charge in [-0.05, 0) is 12.1 Å². The first-order chi connectivity index (χ1) is 13.2. The van der Waals surface area contributed by atoms with E-state index in [-0.39, 0.29) is 16.9 Å².